The number of aliphatic imine (C=N–C) groups is 1. The standard InChI is InChI=1S/C25H20Cl2N2O3/c1-15-12-19(27)9-10-21(15)29-24(17-5-7-18(26)8-6-17)28-20(25(29)30)13-16-4-11-22(31-2)23(14-16)32-3/h4-14H,1-3H3/b20-13-. The first-order chi connectivity index (χ1) is 15.4. The van der Waals surface area contributed by atoms with Gasteiger partial charge >= 0.3 is 0 Å². The number of hydrogen-bond donors (Lipinski definition) is 0. The summed E-state index contributed by atoms with van der Waals surface area (Å²) >= 11 is 12.2. The molecule has 4 rings (SSSR count). The second-order valence-corrected chi connectivity index (χ2v) is 8.03. The molecule has 0 aromatic heterocycles. The van der Waals surface area contributed by atoms with Crippen LogP contribution in [0.15, 0.2) is 71.4 Å². The highest BCUT2D eigenvalue weighted by molar-refractivity contribution is 6.34. The topological polar surface area (TPSA) is 51.1 Å². The van der Waals surface area contributed by atoms with Gasteiger partial charge in [-0.25, -0.2) is 4.99 Å². The van der Waals surface area contributed by atoms with Crippen molar-refractivity contribution in [1.82, 2.24) is 0 Å². The van der Waals surface area contributed by atoms with Gasteiger partial charge in [-0.1, -0.05) is 29.3 Å². The predicted molar refractivity (Wildman–Crippen MR) is 129 cm³/mol. The third-order valence-electron chi connectivity index (χ3n) is 5.07. The molecule has 3 aromatic carbocycles. The summed E-state index contributed by atoms with van der Waals surface area (Å²) in [6.45, 7) is 1.91. The van der Waals surface area contributed by atoms with Crippen LogP contribution in [0.25, 0.3) is 6.08 Å². The molecule has 0 aliphatic carbocycles. The van der Waals surface area contributed by atoms with Crippen molar-refractivity contribution >= 4 is 46.7 Å². The fourth-order valence-corrected chi connectivity index (χ4v) is 3.86. The van der Waals surface area contributed by atoms with Crippen molar-refractivity contribution in [2.24, 2.45) is 4.99 Å². The summed E-state index contributed by atoms with van der Waals surface area (Å²) in [5, 5.41) is 1.21. The third kappa shape index (κ3) is 4.22. The Morgan fingerprint density at radius 3 is 2.22 bits per heavy atom. The van der Waals surface area contributed by atoms with Gasteiger partial charge in [-0.05, 0) is 78.7 Å². The summed E-state index contributed by atoms with van der Waals surface area (Å²) in [6, 6.07) is 18.0. The molecule has 0 fully saturated rings. The molecule has 7 heteroatoms. The molecular formula is C25H20Cl2N2O3. The Labute approximate surface area is 196 Å². The molecule has 162 valence electrons. The van der Waals surface area contributed by atoms with E-state index in [0.717, 1.165) is 16.7 Å². The number of amides is 1. The lowest BCUT2D eigenvalue weighted by Gasteiger charge is -2.21. The van der Waals surface area contributed by atoms with Crippen LogP contribution in [0, 0.1) is 6.92 Å². The number of halogens is 2. The highest BCUT2D eigenvalue weighted by Gasteiger charge is 2.33. The Balaban J connectivity index is 1.83. The number of hydrogen-bond acceptors (Lipinski definition) is 4. The van der Waals surface area contributed by atoms with Crippen LogP contribution in [0.2, 0.25) is 10.0 Å². The van der Waals surface area contributed by atoms with Crippen molar-refractivity contribution in [3.63, 3.8) is 0 Å². The number of ether oxygens (including phenoxy) is 2. The maximum atomic E-state index is 13.5. The number of aryl methyl sites for hydroxylation is 1. The summed E-state index contributed by atoms with van der Waals surface area (Å²) in [5.41, 5.74) is 3.41. The predicted octanol–water partition coefficient (Wildman–Crippen LogP) is 6.15. The average Bonchev–Trinajstić information content (AvgIpc) is 3.10. The van der Waals surface area contributed by atoms with Crippen LogP contribution in [0.1, 0.15) is 16.7 Å². The summed E-state index contributed by atoms with van der Waals surface area (Å²) in [4.78, 5) is 19.8. The average molecular weight is 467 g/mol. The molecule has 5 nitrogen and oxygen atoms in total. The molecule has 3 aromatic rings. The van der Waals surface area contributed by atoms with E-state index >= 15 is 0 Å². The quantitative estimate of drug-likeness (QED) is 0.423. The van der Waals surface area contributed by atoms with Gasteiger partial charge in [0.15, 0.2) is 11.5 Å². The zero-order valence-corrected chi connectivity index (χ0v) is 19.2. The van der Waals surface area contributed by atoms with Gasteiger partial charge in [0, 0.05) is 15.6 Å². The van der Waals surface area contributed by atoms with Crippen LogP contribution in [-0.4, -0.2) is 26.0 Å². The van der Waals surface area contributed by atoms with Crippen LogP contribution in [0.5, 0.6) is 11.5 Å². The van der Waals surface area contributed by atoms with Crippen molar-refractivity contribution in [2.75, 3.05) is 19.1 Å². The highest BCUT2D eigenvalue weighted by atomic mass is 35.5. The van der Waals surface area contributed by atoms with Crippen LogP contribution in [-0.2, 0) is 4.79 Å². The van der Waals surface area contributed by atoms with E-state index in [2.05, 4.69) is 4.99 Å². The van der Waals surface area contributed by atoms with E-state index in [-0.39, 0.29) is 5.91 Å². The molecular weight excluding hydrogens is 447 g/mol. The lowest BCUT2D eigenvalue weighted by molar-refractivity contribution is -0.113. The normalized spacial score (nSPS) is 14.7. The molecule has 1 aliphatic rings. The highest BCUT2D eigenvalue weighted by Crippen LogP contribution is 2.33. The van der Waals surface area contributed by atoms with E-state index < -0.39 is 0 Å². The molecule has 1 aliphatic heterocycles. The molecule has 32 heavy (non-hydrogen) atoms. The van der Waals surface area contributed by atoms with Gasteiger partial charge in [0.2, 0.25) is 0 Å². The Morgan fingerprint density at radius 2 is 1.56 bits per heavy atom. The molecule has 0 N–H and O–H groups in total. The van der Waals surface area contributed by atoms with Gasteiger partial charge in [-0.2, -0.15) is 0 Å². The van der Waals surface area contributed by atoms with Crippen molar-refractivity contribution in [3.8, 4) is 11.5 Å². The van der Waals surface area contributed by atoms with E-state index in [0.29, 0.717) is 38.8 Å². The van der Waals surface area contributed by atoms with E-state index in [1.54, 1.807) is 55.5 Å². The van der Waals surface area contributed by atoms with E-state index in [4.69, 9.17) is 32.7 Å². The minimum atomic E-state index is -0.241. The molecule has 0 spiro atoms. The molecule has 0 radical (unpaired) electrons. The fourth-order valence-electron chi connectivity index (χ4n) is 3.50. The number of amidine groups is 1. The Kier molecular flexibility index (Phi) is 6.21. The zero-order chi connectivity index (χ0) is 22.8. The number of methoxy groups -OCH3 is 2. The van der Waals surface area contributed by atoms with Gasteiger partial charge in [-0.15, -0.1) is 0 Å². The van der Waals surface area contributed by atoms with Crippen LogP contribution in [0.4, 0.5) is 5.69 Å². The van der Waals surface area contributed by atoms with Gasteiger partial charge in [-0.3, -0.25) is 9.69 Å². The number of nitrogens with zero attached hydrogens (tertiary/aromatic N) is 2. The molecule has 0 bridgehead atoms. The second kappa shape index (κ2) is 9.07. The molecule has 0 saturated heterocycles. The largest absolute Gasteiger partial charge is 0.493 e. The number of rotatable bonds is 5. The third-order valence-corrected chi connectivity index (χ3v) is 5.56. The minimum Gasteiger partial charge on any atom is -0.493 e. The van der Waals surface area contributed by atoms with Gasteiger partial charge < -0.3 is 9.47 Å². The fraction of sp³-hybridized carbons (Fsp3) is 0.120. The first-order valence-corrected chi connectivity index (χ1v) is 10.6. The Morgan fingerprint density at radius 1 is 0.875 bits per heavy atom. The Hall–Kier alpha value is -3.28. The minimum absolute atomic E-state index is 0.241. The van der Waals surface area contributed by atoms with Crippen molar-refractivity contribution in [2.45, 2.75) is 6.92 Å². The molecule has 0 atom stereocenters. The lowest BCUT2D eigenvalue weighted by atomic mass is 10.1. The lowest BCUT2D eigenvalue weighted by Crippen LogP contribution is -2.33. The molecule has 0 saturated carbocycles. The van der Waals surface area contributed by atoms with Crippen LogP contribution in [0.3, 0.4) is 0 Å². The molecule has 1 amide bonds. The smallest absolute Gasteiger partial charge is 0.282 e. The summed E-state index contributed by atoms with van der Waals surface area (Å²) in [6.07, 6.45) is 1.73. The second-order valence-electron chi connectivity index (χ2n) is 7.16. The van der Waals surface area contributed by atoms with E-state index in [1.165, 1.54) is 0 Å². The van der Waals surface area contributed by atoms with E-state index in [9.17, 15) is 4.79 Å². The first kappa shape index (κ1) is 21.9. The monoisotopic (exact) mass is 466 g/mol. The number of anilines is 1. The van der Waals surface area contributed by atoms with Gasteiger partial charge in [0.1, 0.15) is 11.5 Å². The van der Waals surface area contributed by atoms with Gasteiger partial charge in [0.05, 0.1) is 19.9 Å². The summed E-state index contributed by atoms with van der Waals surface area (Å²) in [7, 11) is 3.14. The van der Waals surface area contributed by atoms with Crippen LogP contribution >= 0.6 is 23.2 Å². The maximum Gasteiger partial charge on any atom is 0.282 e. The van der Waals surface area contributed by atoms with E-state index in [1.807, 2.05) is 37.3 Å². The summed E-state index contributed by atoms with van der Waals surface area (Å²) in [5.74, 6) is 1.45. The zero-order valence-electron chi connectivity index (χ0n) is 17.7. The van der Waals surface area contributed by atoms with Crippen molar-refractivity contribution in [3.05, 3.63) is 93.1 Å². The number of carbonyl (C=O) groups is 1. The maximum absolute atomic E-state index is 13.5. The number of benzene rings is 3. The molecule has 0 unspecified atom stereocenters. The Bertz CT molecular complexity index is 1250. The molecule has 1 heterocycles. The van der Waals surface area contributed by atoms with Gasteiger partial charge in [0.25, 0.3) is 5.91 Å². The number of carbonyl (C=O) groups excluding carboxylic acids is 1. The van der Waals surface area contributed by atoms with Crippen LogP contribution < -0.4 is 14.4 Å². The first-order valence-electron chi connectivity index (χ1n) is 9.80. The summed E-state index contributed by atoms with van der Waals surface area (Å²) < 4.78 is 10.7. The van der Waals surface area contributed by atoms with Crippen molar-refractivity contribution < 1.29 is 14.3 Å². The SMILES string of the molecule is COc1ccc(/C=C2\N=C(c3ccc(Cl)cc3)N(c3ccc(Cl)cc3C)C2=O)cc1OC. The van der Waals surface area contributed by atoms with Crippen molar-refractivity contribution in [1.29, 1.82) is 0 Å².